The van der Waals surface area contributed by atoms with Crippen molar-refractivity contribution >= 4 is 12.1 Å². The van der Waals surface area contributed by atoms with Crippen molar-refractivity contribution in [3.63, 3.8) is 0 Å². The van der Waals surface area contributed by atoms with Crippen molar-refractivity contribution in [1.29, 1.82) is 0 Å². The summed E-state index contributed by atoms with van der Waals surface area (Å²) >= 11 is 0. The highest BCUT2D eigenvalue weighted by atomic mass is 16.6. The van der Waals surface area contributed by atoms with Crippen molar-refractivity contribution in [2.45, 2.75) is 31.9 Å². The van der Waals surface area contributed by atoms with Crippen LogP contribution in [0, 0.1) is 5.92 Å². The maximum atomic E-state index is 12.5. The third-order valence-electron chi connectivity index (χ3n) is 4.01. The Morgan fingerprint density at radius 3 is 2.48 bits per heavy atom. The zero-order valence-electron chi connectivity index (χ0n) is 13.5. The molecule has 0 saturated carbocycles. The van der Waals surface area contributed by atoms with E-state index in [1.54, 1.807) is 0 Å². The maximum absolute atomic E-state index is 12.5. The topological polar surface area (TPSA) is 73.9 Å². The van der Waals surface area contributed by atoms with Gasteiger partial charge in [-0.2, -0.15) is 0 Å². The monoisotopic (exact) mass is 321 g/mol. The summed E-state index contributed by atoms with van der Waals surface area (Å²) in [6.45, 7) is 2.96. The fourth-order valence-electron chi connectivity index (χ4n) is 2.64. The Morgan fingerprint density at radius 2 is 1.87 bits per heavy atom. The molecule has 126 valence electrons. The molecule has 1 aliphatic heterocycles. The van der Waals surface area contributed by atoms with Crippen molar-refractivity contribution in [3.05, 3.63) is 35.9 Å². The van der Waals surface area contributed by atoms with Crippen LogP contribution in [0.2, 0.25) is 0 Å². The number of rotatable bonds is 5. The smallest absolute Gasteiger partial charge is 0.407 e. The number of benzene rings is 1. The standard InChI is InChI=1S/C17H23NO5/c1-12(13-6-4-3-5-7-13)23-16(19)15(18-17(20)21-2)14-8-10-22-11-9-14/h3-7,12,14-15H,8-11H2,1-2H3,(H,18,20)/t12-,15?/m0/s1. The molecule has 1 N–H and O–H groups in total. The summed E-state index contributed by atoms with van der Waals surface area (Å²) in [4.78, 5) is 24.1. The number of esters is 1. The van der Waals surface area contributed by atoms with Crippen LogP contribution in [0.4, 0.5) is 4.79 Å². The number of amides is 1. The van der Waals surface area contributed by atoms with Gasteiger partial charge in [-0.1, -0.05) is 30.3 Å². The van der Waals surface area contributed by atoms with Crippen LogP contribution in [-0.2, 0) is 19.0 Å². The highest BCUT2D eigenvalue weighted by Crippen LogP contribution is 2.23. The Hall–Kier alpha value is -2.08. The second-order valence-electron chi connectivity index (χ2n) is 5.55. The first-order valence-electron chi connectivity index (χ1n) is 7.79. The molecule has 1 aromatic rings. The second-order valence-corrected chi connectivity index (χ2v) is 5.55. The molecule has 1 fully saturated rings. The van der Waals surface area contributed by atoms with E-state index in [9.17, 15) is 9.59 Å². The van der Waals surface area contributed by atoms with Crippen LogP contribution in [-0.4, -0.2) is 38.4 Å². The van der Waals surface area contributed by atoms with Crippen molar-refractivity contribution in [3.8, 4) is 0 Å². The van der Waals surface area contributed by atoms with E-state index >= 15 is 0 Å². The molecule has 1 unspecified atom stereocenters. The van der Waals surface area contributed by atoms with Crippen LogP contribution in [0.3, 0.4) is 0 Å². The van der Waals surface area contributed by atoms with E-state index in [0.717, 1.165) is 5.56 Å². The van der Waals surface area contributed by atoms with Gasteiger partial charge in [-0.25, -0.2) is 9.59 Å². The summed E-state index contributed by atoms with van der Waals surface area (Å²) < 4.78 is 15.5. The third kappa shape index (κ3) is 4.96. The fourth-order valence-corrected chi connectivity index (χ4v) is 2.64. The number of hydrogen-bond acceptors (Lipinski definition) is 5. The van der Waals surface area contributed by atoms with Crippen LogP contribution in [0.5, 0.6) is 0 Å². The summed E-state index contributed by atoms with van der Waals surface area (Å²) in [6, 6.07) is 8.76. The number of carbonyl (C=O) groups excluding carboxylic acids is 2. The molecule has 0 radical (unpaired) electrons. The van der Waals surface area contributed by atoms with Gasteiger partial charge in [0.25, 0.3) is 0 Å². The van der Waals surface area contributed by atoms with Crippen LogP contribution in [0.25, 0.3) is 0 Å². The first-order valence-corrected chi connectivity index (χ1v) is 7.79. The van der Waals surface area contributed by atoms with Crippen molar-refractivity contribution < 1.29 is 23.8 Å². The number of nitrogens with one attached hydrogen (secondary N) is 1. The van der Waals surface area contributed by atoms with Crippen molar-refractivity contribution in [1.82, 2.24) is 5.32 Å². The lowest BCUT2D eigenvalue weighted by Crippen LogP contribution is -2.48. The fraction of sp³-hybridized carbons (Fsp3) is 0.529. The Morgan fingerprint density at radius 1 is 1.22 bits per heavy atom. The molecule has 0 spiro atoms. The molecule has 2 atom stereocenters. The van der Waals surface area contributed by atoms with Crippen molar-refractivity contribution in [2.24, 2.45) is 5.92 Å². The van der Waals surface area contributed by atoms with E-state index in [1.807, 2.05) is 37.3 Å². The van der Waals surface area contributed by atoms with Crippen molar-refractivity contribution in [2.75, 3.05) is 20.3 Å². The van der Waals surface area contributed by atoms with Gasteiger partial charge in [0.15, 0.2) is 0 Å². The average molecular weight is 321 g/mol. The molecule has 1 amide bonds. The van der Waals surface area contributed by atoms with E-state index in [2.05, 4.69) is 10.1 Å². The zero-order chi connectivity index (χ0) is 16.7. The van der Waals surface area contributed by atoms with Gasteiger partial charge in [-0.3, -0.25) is 0 Å². The third-order valence-corrected chi connectivity index (χ3v) is 4.01. The van der Waals surface area contributed by atoms with Crippen LogP contribution >= 0.6 is 0 Å². The van der Waals surface area contributed by atoms with Crippen LogP contribution < -0.4 is 5.32 Å². The molecule has 1 aromatic carbocycles. The molecule has 1 saturated heterocycles. The van der Waals surface area contributed by atoms with Gasteiger partial charge in [0.2, 0.25) is 0 Å². The summed E-state index contributed by atoms with van der Waals surface area (Å²) in [5.41, 5.74) is 0.907. The number of ether oxygens (including phenoxy) is 3. The Balaban J connectivity index is 2.04. The van der Waals surface area contributed by atoms with E-state index in [4.69, 9.17) is 9.47 Å². The number of alkyl carbamates (subject to hydrolysis) is 1. The van der Waals surface area contributed by atoms with E-state index in [0.29, 0.717) is 26.1 Å². The lowest BCUT2D eigenvalue weighted by molar-refractivity contribution is -0.153. The normalized spacial score (nSPS) is 17.8. The SMILES string of the molecule is COC(=O)NC(C(=O)O[C@@H](C)c1ccccc1)C1CCOCC1. The quantitative estimate of drug-likeness (QED) is 0.843. The summed E-state index contributed by atoms with van der Waals surface area (Å²) in [7, 11) is 1.27. The Kier molecular flexibility index (Phi) is 6.40. The van der Waals surface area contributed by atoms with E-state index < -0.39 is 18.1 Å². The molecule has 6 heteroatoms. The van der Waals surface area contributed by atoms with Gasteiger partial charge in [-0.05, 0) is 31.2 Å². The number of hydrogen-bond donors (Lipinski definition) is 1. The molecule has 0 bridgehead atoms. The maximum Gasteiger partial charge on any atom is 0.407 e. The summed E-state index contributed by atoms with van der Waals surface area (Å²) in [5.74, 6) is -0.461. The van der Waals surface area contributed by atoms with Gasteiger partial charge < -0.3 is 19.5 Å². The highest BCUT2D eigenvalue weighted by molar-refractivity contribution is 5.81. The highest BCUT2D eigenvalue weighted by Gasteiger charge is 2.33. The minimum Gasteiger partial charge on any atom is -0.456 e. The van der Waals surface area contributed by atoms with Gasteiger partial charge in [0.1, 0.15) is 12.1 Å². The second kappa shape index (κ2) is 8.53. The largest absolute Gasteiger partial charge is 0.456 e. The molecule has 23 heavy (non-hydrogen) atoms. The molecule has 0 aliphatic carbocycles. The Labute approximate surface area is 136 Å². The van der Waals surface area contributed by atoms with E-state index in [-0.39, 0.29) is 12.0 Å². The molecule has 0 aromatic heterocycles. The minimum atomic E-state index is -0.725. The number of methoxy groups -OCH3 is 1. The zero-order valence-corrected chi connectivity index (χ0v) is 13.5. The molecule has 2 rings (SSSR count). The lowest BCUT2D eigenvalue weighted by Gasteiger charge is -2.29. The lowest BCUT2D eigenvalue weighted by atomic mass is 9.91. The molecule has 1 aliphatic rings. The summed E-state index contributed by atoms with van der Waals surface area (Å²) in [6.07, 6.45) is 0.378. The van der Waals surface area contributed by atoms with Gasteiger partial charge in [-0.15, -0.1) is 0 Å². The van der Waals surface area contributed by atoms with Gasteiger partial charge >= 0.3 is 12.1 Å². The molecular formula is C17H23NO5. The predicted molar refractivity (Wildman–Crippen MR) is 83.8 cm³/mol. The average Bonchev–Trinajstić information content (AvgIpc) is 2.60. The molecular weight excluding hydrogens is 298 g/mol. The van der Waals surface area contributed by atoms with Gasteiger partial charge in [0, 0.05) is 13.2 Å². The minimum absolute atomic E-state index is 0.0154. The molecule has 1 heterocycles. The van der Waals surface area contributed by atoms with Crippen LogP contribution in [0.15, 0.2) is 30.3 Å². The first-order chi connectivity index (χ1) is 11.1. The van der Waals surface area contributed by atoms with Gasteiger partial charge in [0.05, 0.1) is 7.11 Å². The summed E-state index contributed by atoms with van der Waals surface area (Å²) in [5, 5.41) is 2.60. The Bertz CT molecular complexity index is 513. The van der Waals surface area contributed by atoms with E-state index in [1.165, 1.54) is 7.11 Å². The number of carbonyl (C=O) groups is 2. The van der Waals surface area contributed by atoms with Crippen LogP contribution in [0.1, 0.15) is 31.4 Å². The molecule has 6 nitrogen and oxygen atoms in total. The first kappa shape index (κ1) is 17.3. The predicted octanol–water partition coefficient (Wildman–Crippen LogP) is 2.44.